The smallest absolute Gasteiger partial charge is 0.329 e. The molecule has 0 saturated carbocycles. The summed E-state index contributed by atoms with van der Waals surface area (Å²) in [5, 5.41) is 20.2. The van der Waals surface area contributed by atoms with Gasteiger partial charge < -0.3 is 29.0 Å². The van der Waals surface area contributed by atoms with Crippen molar-refractivity contribution >= 4 is 23.5 Å². The molecule has 1 aliphatic heterocycles. The first-order chi connectivity index (χ1) is 16.4. The molecule has 0 radical (unpaired) electrons. The second-order valence-electron chi connectivity index (χ2n) is 8.51. The number of halogens is 1. The number of carbonyl (C=O) groups excluding carboxylic acids is 1. The Balaban J connectivity index is 1.71. The van der Waals surface area contributed by atoms with Gasteiger partial charge in [-0.05, 0) is 23.3 Å². The number of quaternary nitrogens is 1. The Morgan fingerprint density at radius 1 is 0.941 bits per heavy atom. The Kier molecular flexibility index (Phi) is 9.86. The van der Waals surface area contributed by atoms with E-state index in [1.807, 2.05) is 30.3 Å². The van der Waals surface area contributed by atoms with Gasteiger partial charge in [-0.1, -0.05) is 54.1 Å². The van der Waals surface area contributed by atoms with E-state index >= 15 is 0 Å². The van der Waals surface area contributed by atoms with Crippen LogP contribution in [-0.4, -0.2) is 92.1 Å². The first kappa shape index (κ1) is 26.1. The molecule has 0 amide bonds. The summed E-state index contributed by atoms with van der Waals surface area (Å²) in [6.45, 7) is 4.31. The fourth-order valence-corrected chi connectivity index (χ4v) is 4.57. The first-order valence-corrected chi connectivity index (χ1v) is 11.7. The molecule has 1 saturated heterocycles. The highest BCUT2D eigenvalue weighted by atomic mass is 35.5. The topological polar surface area (TPSA) is 99.1 Å². The standard InChI is InChI=1S/C25H31ClN2O6/c26-22-8-6-21(7-9-22)25(20-4-2-1-3-5-20)27-10-12-28(13-11-27,14-16-33-18-23(29)30)15-17-34-19-24(31)32/h1-9,25H,10-19H2,(H-,29,30,31,32). The van der Waals surface area contributed by atoms with Crippen molar-refractivity contribution in [2.24, 2.45) is 0 Å². The van der Waals surface area contributed by atoms with Crippen LogP contribution in [0.3, 0.4) is 0 Å². The predicted octanol–water partition coefficient (Wildman–Crippen LogP) is 1.43. The highest BCUT2D eigenvalue weighted by Gasteiger charge is 2.36. The third kappa shape index (κ3) is 7.78. The zero-order valence-electron chi connectivity index (χ0n) is 19.1. The van der Waals surface area contributed by atoms with Crippen molar-refractivity contribution < 1.29 is 33.8 Å². The number of hydrogen-bond donors (Lipinski definition) is 1. The van der Waals surface area contributed by atoms with Gasteiger partial charge in [-0.15, -0.1) is 0 Å². The summed E-state index contributed by atoms with van der Waals surface area (Å²) in [6, 6.07) is 18.4. The summed E-state index contributed by atoms with van der Waals surface area (Å²) in [6.07, 6.45) is 0. The Morgan fingerprint density at radius 3 is 2.06 bits per heavy atom. The molecular formula is C25H31ClN2O6. The molecule has 184 valence electrons. The number of aliphatic carboxylic acids is 2. The third-order valence-electron chi connectivity index (χ3n) is 6.25. The number of ether oxygens (including phenoxy) is 2. The average Bonchev–Trinajstić information content (AvgIpc) is 2.83. The van der Waals surface area contributed by atoms with E-state index in [0.717, 1.165) is 31.7 Å². The molecule has 9 heteroatoms. The summed E-state index contributed by atoms with van der Waals surface area (Å²) < 4.78 is 11.2. The maximum Gasteiger partial charge on any atom is 0.329 e. The number of benzene rings is 2. The number of rotatable bonds is 13. The zero-order valence-corrected chi connectivity index (χ0v) is 19.9. The molecule has 1 aliphatic rings. The van der Waals surface area contributed by atoms with E-state index in [9.17, 15) is 14.7 Å². The van der Waals surface area contributed by atoms with E-state index in [-0.39, 0.29) is 19.3 Å². The Labute approximate surface area is 204 Å². The molecule has 1 atom stereocenters. The number of carbonyl (C=O) groups is 2. The van der Waals surface area contributed by atoms with Gasteiger partial charge in [0.25, 0.3) is 0 Å². The highest BCUT2D eigenvalue weighted by Crippen LogP contribution is 2.31. The van der Waals surface area contributed by atoms with Crippen molar-refractivity contribution in [3.8, 4) is 0 Å². The lowest BCUT2D eigenvalue weighted by molar-refractivity contribution is -0.932. The Morgan fingerprint density at radius 2 is 1.50 bits per heavy atom. The van der Waals surface area contributed by atoms with Crippen LogP contribution in [0.1, 0.15) is 17.2 Å². The molecule has 0 aliphatic carbocycles. The second-order valence-corrected chi connectivity index (χ2v) is 8.94. The van der Waals surface area contributed by atoms with E-state index in [1.54, 1.807) is 0 Å². The van der Waals surface area contributed by atoms with Crippen molar-refractivity contribution in [3.05, 3.63) is 70.7 Å². The number of hydrogen-bond acceptors (Lipinski definition) is 6. The lowest BCUT2D eigenvalue weighted by Crippen LogP contribution is -2.62. The highest BCUT2D eigenvalue weighted by molar-refractivity contribution is 6.30. The maximum atomic E-state index is 10.8. The Bertz CT molecular complexity index is 893. The quantitative estimate of drug-likeness (QED) is 0.335. The molecule has 1 N–H and O–H groups in total. The summed E-state index contributed by atoms with van der Waals surface area (Å²) in [5.41, 5.74) is 2.37. The predicted molar refractivity (Wildman–Crippen MR) is 125 cm³/mol. The molecule has 1 unspecified atom stereocenters. The Hall–Kier alpha value is -2.49. The lowest BCUT2D eigenvalue weighted by Gasteiger charge is -2.47. The molecule has 3 rings (SSSR count). The minimum absolute atomic E-state index is 0.0817. The van der Waals surface area contributed by atoms with Gasteiger partial charge in [-0.3, -0.25) is 4.90 Å². The van der Waals surface area contributed by atoms with Crippen molar-refractivity contribution in [3.63, 3.8) is 0 Å². The zero-order chi connectivity index (χ0) is 24.4. The van der Waals surface area contributed by atoms with Gasteiger partial charge in [0.1, 0.15) is 19.7 Å². The van der Waals surface area contributed by atoms with Crippen molar-refractivity contribution in [2.75, 3.05) is 65.7 Å². The summed E-state index contributed by atoms with van der Waals surface area (Å²) in [7, 11) is 0. The summed E-state index contributed by atoms with van der Waals surface area (Å²) in [4.78, 5) is 23.9. The SMILES string of the molecule is O=C([O-])COCC[N+]1(CCOCC(=O)O)CCN(C(c2ccccc2)c2ccc(Cl)cc2)CC1. The van der Waals surface area contributed by atoms with Crippen LogP contribution >= 0.6 is 11.6 Å². The van der Waals surface area contributed by atoms with E-state index < -0.39 is 18.5 Å². The van der Waals surface area contributed by atoms with Crippen LogP contribution in [0.2, 0.25) is 5.02 Å². The molecule has 34 heavy (non-hydrogen) atoms. The number of nitrogens with zero attached hydrogens (tertiary/aromatic N) is 2. The minimum Gasteiger partial charge on any atom is -0.548 e. The monoisotopic (exact) mass is 490 g/mol. The second kappa shape index (κ2) is 12.8. The maximum absolute atomic E-state index is 10.8. The van der Waals surface area contributed by atoms with E-state index in [4.69, 9.17) is 26.2 Å². The van der Waals surface area contributed by atoms with Crippen LogP contribution in [0.4, 0.5) is 0 Å². The van der Waals surface area contributed by atoms with E-state index in [1.165, 1.54) is 5.56 Å². The third-order valence-corrected chi connectivity index (χ3v) is 6.51. The number of piperazine rings is 1. The van der Waals surface area contributed by atoms with E-state index in [0.29, 0.717) is 29.2 Å². The molecule has 2 aromatic rings. The first-order valence-electron chi connectivity index (χ1n) is 11.4. The number of carboxylic acid groups (broad SMARTS) is 2. The lowest BCUT2D eigenvalue weighted by atomic mass is 9.96. The van der Waals surface area contributed by atoms with Gasteiger partial charge in [-0.25, -0.2) is 4.79 Å². The van der Waals surface area contributed by atoms with Gasteiger partial charge >= 0.3 is 5.97 Å². The normalized spacial score (nSPS) is 16.7. The van der Waals surface area contributed by atoms with Gasteiger partial charge in [0.15, 0.2) is 0 Å². The largest absolute Gasteiger partial charge is 0.548 e. The number of carboxylic acids is 2. The van der Waals surface area contributed by atoms with E-state index in [2.05, 4.69) is 29.2 Å². The molecule has 8 nitrogen and oxygen atoms in total. The fraction of sp³-hybridized carbons (Fsp3) is 0.440. The molecular weight excluding hydrogens is 460 g/mol. The molecule has 0 aromatic heterocycles. The molecule has 1 heterocycles. The van der Waals surface area contributed by atoms with Gasteiger partial charge in [-0.2, -0.15) is 0 Å². The summed E-state index contributed by atoms with van der Waals surface area (Å²) >= 11 is 6.13. The molecule has 0 bridgehead atoms. The fourth-order valence-electron chi connectivity index (χ4n) is 4.45. The van der Waals surface area contributed by atoms with Crippen LogP contribution in [0, 0.1) is 0 Å². The van der Waals surface area contributed by atoms with Gasteiger partial charge in [0, 0.05) is 18.1 Å². The van der Waals surface area contributed by atoms with Crippen LogP contribution in [-0.2, 0) is 19.1 Å². The van der Waals surface area contributed by atoms with Crippen molar-refractivity contribution in [2.45, 2.75) is 6.04 Å². The molecule has 2 aromatic carbocycles. The van der Waals surface area contributed by atoms with Crippen LogP contribution < -0.4 is 5.11 Å². The van der Waals surface area contributed by atoms with Crippen LogP contribution in [0.5, 0.6) is 0 Å². The van der Waals surface area contributed by atoms with Crippen molar-refractivity contribution in [1.29, 1.82) is 0 Å². The van der Waals surface area contributed by atoms with Crippen molar-refractivity contribution in [1.82, 2.24) is 4.90 Å². The van der Waals surface area contributed by atoms with Gasteiger partial charge in [0.2, 0.25) is 0 Å². The van der Waals surface area contributed by atoms with Crippen LogP contribution in [0.25, 0.3) is 0 Å². The molecule has 1 fully saturated rings. The summed E-state index contributed by atoms with van der Waals surface area (Å²) in [5.74, 6) is -2.24. The minimum atomic E-state index is -1.24. The van der Waals surface area contributed by atoms with Gasteiger partial charge in [0.05, 0.1) is 44.9 Å². The average molecular weight is 491 g/mol. The van der Waals surface area contributed by atoms with Crippen LogP contribution in [0.15, 0.2) is 54.6 Å². The molecule has 0 spiro atoms.